The first-order valence-corrected chi connectivity index (χ1v) is 18.9. The lowest BCUT2D eigenvalue weighted by Gasteiger charge is -2.20. The van der Waals surface area contributed by atoms with Crippen LogP contribution in [0.4, 0.5) is 0 Å². The maximum atomic E-state index is 15.0. The van der Waals surface area contributed by atoms with Gasteiger partial charge in [-0.3, -0.25) is 4.40 Å². The summed E-state index contributed by atoms with van der Waals surface area (Å²) in [7, 11) is -3.05. The molecule has 4 heteroatoms. The van der Waals surface area contributed by atoms with E-state index in [2.05, 4.69) is 126 Å². The van der Waals surface area contributed by atoms with Crippen LogP contribution in [0.3, 0.4) is 0 Å². The molecule has 2 aromatic heterocycles. The Hall–Kier alpha value is -6.28. The predicted octanol–water partition coefficient (Wildman–Crippen LogP) is 10.9. The van der Waals surface area contributed by atoms with E-state index in [1.54, 1.807) is 0 Å². The highest BCUT2D eigenvalue weighted by molar-refractivity contribution is 7.85. The van der Waals surface area contributed by atoms with Crippen molar-refractivity contribution in [2.75, 3.05) is 0 Å². The van der Waals surface area contributed by atoms with Crippen molar-refractivity contribution >= 4 is 72.2 Å². The first kappa shape index (κ1) is 29.6. The van der Waals surface area contributed by atoms with Crippen LogP contribution in [0.5, 0.6) is 0 Å². The van der Waals surface area contributed by atoms with Crippen LogP contribution in [-0.2, 0) is 4.57 Å². The van der Waals surface area contributed by atoms with Crippen molar-refractivity contribution in [3.05, 3.63) is 188 Å². The zero-order valence-corrected chi connectivity index (χ0v) is 28.5. The number of fused-ring (bicyclic) bond motifs is 9. The van der Waals surface area contributed by atoms with Crippen LogP contribution in [-0.4, -0.2) is 9.38 Å². The first-order valence-electron chi connectivity index (χ1n) is 17.2. The molecule has 51 heavy (non-hydrogen) atoms. The molecular weight excluding hydrogens is 640 g/mol. The molecule has 10 rings (SSSR count). The van der Waals surface area contributed by atoms with Crippen molar-refractivity contribution in [3.8, 4) is 22.3 Å². The maximum absolute atomic E-state index is 15.0. The lowest BCUT2D eigenvalue weighted by molar-refractivity contribution is 0.592. The molecule has 3 nitrogen and oxygen atoms in total. The standard InChI is InChI=1S/C47H31N2OP/c50-51(38-14-3-1-4-15-38,39-16-5-2-6-17-39)40-26-24-35-29-34(22-23-36(35)30-40)32-12-11-13-33(28-32)37-25-27-42-41-18-7-8-19-43(41)47-48-44-20-9-10-21-45(44)49(47)46(42)31-37/h1-31H. The molecule has 0 aliphatic rings. The second-order valence-corrected chi connectivity index (χ2v) is 15.9. The summed E-state index contributed by atoms with van der Waals surface area (Å²) in [5.41, 5.74) is 8.82. The van der Waals surface area contributed by atoms with Crippen LogP contribution in [0.25, 0.3) is 71.4 Å². The summed E-state index contributed by atoms with van der Waals surface area (Å²) in [6, 6.07) is 65.1. The average molecular weight is 671 g/mol. The van der Waals surface area contributed by atoms with Gasteiger partial charge in [-0.15, -0.1) is 0 Å². The van der Waals surface area contributed by atoms with Crippen LogP contribution >= 0.6 is 7.14 Å². The molecule has 10 aromatic rings. The van der Waals surface area contributed by atoms with Crippen molar-refractivity contribution in [3.63, 3.8) is 0 Å². The summed E-state index contributed by atoms with van der Waals surface area (Å²) in [5, 5.41) is 8.27. The van der Waals surface area contributed by atoms with Gasteiger partial charge < -0.3 is 4.57 Å². The molecule has 0 aliphatic carbocycles. The minimum Gasteiger partial charge on any atom is -0.309 e. The summed E-state index contributed by atoms with van der Waals surface area (Å²) < 4.78 is 17.3. The largest absolute Gasteiger partial charge is 0.309 e. The summed E-state index contributed by atoms with van der Waals surface area (Å²) in [6.07, 6.45) is 0. The molecule has 0 spiro atoms. The molecule has 240 valence electrons. The fraction of sp³-hybridized carbons (Fsp3) is 0. The predicted molar refractivity (Wildman–Crippen MR) is 215 cm³/mol. The second-order valence-electron chi connectivity index (χ2n) is 13.1. The normalized spacial score (nSPS) is 12.0. The third-order valence-corrected chi connectivity index (χ3v) is 13.3. The van der Waals surface area contributed by atoms with Gasteiger partial charge in [0, 0.05) is 26.7 Å². The second kappa shape index (κ2) is 11.7. The molecule has 0 saturated heterocycles. The first-order chi connectivity index (χ1) is 25.1. The van der Waals surface area contributed by atoms with E-state index in [9.17, 15) is 4.57 Å². The van der Waals surface area contributed by atoms with Crippen LogP contribution in [0.1, 0.15) is 0 Å². The molecule has 0 fully saturated rings. The molecule has 0 aliphatic heterocycles. The van der Waals surface area contributed by atoms with E-state index < -0.39 is 7.14 Å². The molecule has 0 unspecified atom stereocenters. The summed E-state index contributed by atoms with van der Waals surface area (Å²) in [6.45, 7) is 0. The van der Waals surface area contributed by atoms with E-state index in [0.29, 0.717) is 0 Å². The molecule has 8 aromatic carbocycles. The van der Waals surface area contributed by atoms with E-state index in [4.69, 9.17) is 4.98 Å². The number of imidazole rings is 1. The van der Waals surface area contributed by atoms with Crippen LogP contribution in [0.15, 0.2) is 188 Å². The van der Waals surface area contributed by atoms with E-state index in [0.717, 1.165) is 76.5 Å². The van der Waals surface area contributed by atoms with Crippen molar-refractivity contribution < 1.29 is 4.57 Å². The smallest absolute Gasteiger partial charge is 0.171 e. The van der Waals surface area contributed by atoms with Gasteiger partial charge >= 0.3 is 0 Å². The molecule has 0 bridgehead atoms. The lowest BCUT2D eigenvalue weighted by Crippen LogP contribution is -2.24. The minimum absolute atomic E-state index is 0.839. The molecule has 0 amide bonds. The van der Waals surface area contributed by atoms with Gasteiger partial charge in [0.05, 0.1) is 16.6 Å². The van der Waals surface area contributed by atoms with E-state index >= 15 is 0 Å². The molecule has 2 heterocycles. The highest BCUT2D eigenvalue weighted by atomic mass is 31.2. The maximum Gasteiger partial charge on any atom is 0.171 e. The highest BCUT2D eigenvalue weighted by Crippen LogP contribution is 2.43. The van der Waals surface area contributed by atoms with E-state index in [-0.39, 0.29) is 0 Å². The van der Waals surface area contributed by atoms with Crippen molar-refractivity contribution in [1.82, 2.24) is 9.38 Å². The third-order valence-electron chi connectivity index (χ3n) is 10.2. The number of para-hydroxylation sites is 2. The van der Waals surface area contributed by atoms with E-state index in [1.165, 1.54) is 10.8 Å². The Morgan fingerprint density at radius 2 is 0.980 bits per heavy atom. The number of hydrogen-bond donors (Lipinski definition) is 0. The number of benzene rings is 8. The van der Waals surface area contributed by atoms with Crippen LogP contribution in [0.2, 0.25) is 0 Å². The van der Waals surface area contributed by atoms with Gasteiger partial charge in [0.15, 0.2) is 7.14 Å². The fourth-order valence-electron chi connectivity index (χ4n) is 7.70. The fourth-order valence-corrected chi connectivity index (χ4v) is 10.4. The Bertz CT molecular complexity index is 2960. The zero-order chi connectivity index (χ0) is 33.9. The summed E-state index contributed by atoms with van der Waals surface area (Å²) in [4.78, 5) is 5.07. The van der Waals surface area contributed by atoms with Crippen LogP contribution in [0, 0.1) is 0 Å². The van der Waals surface area contributed by atoms with Gasteiger partial charge in [-0.25, -0.2) is 4.98 Å². The van der Waals surface area contributed by atoms with Gasteiger partial charge in [-0.1, -0.05) is 152 Å². The summed E-state index contributed by atoms with van der Waals surface area (Å²) in [5.74, 6) is 0. The Labute approximate surface area is 295 Å². The number of pyridine rings is 1. The van der Waals surface area contributed by atoms with Crippen molar-refractivity contribution in [2.45, 2.75) is 0 Å². The molecule has 0 saturated carbocycles. The van der Waals surface area contributed by atoms with Gasteiger partial charge in [0.25, 0.3) is 0 Å². The number of nitrogens with zero attached hydrogens (tertiary/aromatic N) is 2. The molecule has 0 N–H and O–H groups in total. The number of hydrogen-bond acceptors (Lipinski definition) is 2. The Morgan fingerprint density at radius 3 is 1.75 bits per heavy atom. The third kappa shape index (κ3) is 4.74. The number of aromatic nitrogens is 2. The van der Waals surface area contributed by atoms with E-state index in [1.807, 2.05) is 66.7 Å². The van der Waals surface area contributed by atoms with Crippen molar-refractivity contribution in [1.29, 1.82) is 0 Å². The number of rotatable bonds is 5. The molecule has 0 radical (unpaired) electrons. The SMILES string of the molecule is O=P(c1ccccc1)(c1ccccc1)c1ccc2cc(-c3cccc(-c4ccc5c6ccccc6c6nc7ccccc7n6c5c4)c3)ccc2c1. The van der Waals surface area contributed by atoms with Crippen LogP contribution < -0.4 is 15.9 Å². The monoisotopic (exact) mass is 670 g/mol. The topological polar surface area (TPSA) is 34.4 Å². The Kier molecular flexibility index (Phi) is 6.77. The summed E-state index contributed by atoms with van der Waals surface area (Å²) >= 11 is 0. The highest BCUT2D eigenvalue weighted by Gasteiger charge is 2.29. The molecular formula is C47H31N2OP. The van der Waals surface area contributed by atoms with Crippen molar-refractivity contribution in [2.24, 2.45) is 0 Å². The zero-order valence-electron chi connectivity index (χ0n) is 27.6. The quantitative estimate of drug-likeness (QED) is 0.135. The lowest BCUT2D eigenvalue weighted by atomic mass is 9.96. The molecule has 0 atom stereocenters. The van der Waals surface area contributed by atoms with Gasteiger partial charge in [-0.05, 0) is 74.8 Å². The van der Waals surface area contributed by atoms with Gasteiger partial charge in [0.1, 0.15) is 5.65 Å². The average Bonchev–Trinajstić information content (AvgIpc) is 3.61. The van der Waals surface area contributed by atoms with Gasteiger partial charge in [-0.2, -0.15) is 0 Å². The van der Waals surface area contributed by atoms with Gasteiger partial charge in [0.2, 0.25) is 0 Å². The Morgan fingerprint density at radius 1 is 0.392 bits per heavy atom. The Balaban J connectivity index is 1.07. The minimum atomic E-state index is -3.05.